The molecule has 1 aliphatic carbocycles. The predicted molar refractivity (Wildman–Crippen MR) is 131 cm³/mol. The van der Waals surface area contributed by atoms with Crippen molar-refractivity contribution in [1.82, 2.24) is 5.32 Å². The number of aryl methyl sites for hydroxylation is 2. The smallest absolute Gasteiger partial charge is 0.339 e. The molecule has 0 fully saturated rings. The molecule has 2 aromatic carbocycles. The number of benzene rings is 2. The van der Waals surface area contributed by atoms with Gasteiger partial charge in [-0.3, -0.25) is 4.89 Å². The molecule has 0 radical (unpaired) electrons. The number of fused-ring (bicyclic) bond motifs is 1. The molecule has 0 aliphatic heterocycles. The fourth-order valence-electron chi connectivity index (χ4n) is 5.45. The fourth-order valence-corrected chi connectivity index (χ4v) is 5.45. The van der Waals surface area contributed by atoms with Gasteiger partial charge in [-0.05, 0) is 98.0 Å². The van der Waals surface area contributed by atoms with Crippen molar-refractivity contribution >= 4 is 5.97 Å². The zero-order chi connectivity index (χ0) is 24.6. The van der Waals surface area contributed by atoms with E-state index in [1.54, 1.807) is 19.2 Å². The number of hydrogen-bond acceptors (Lipinski definition) is 5. The van der Waals surface area contributed by atoms with Crippen LogP contribution in [0.1, 0.15) is 62.6 Å². The van der Waals surface area contributed by atoms with Crippen molar-refractivity contribution in [3.63, 3.8) is 0 Å². The van der Waals surface area contributed by atoms with Gasteiger partial charge >= 0.3 is 5.97 Å². The minimum atomic E-state index is -0.453. The van der Waals surface area contributed by atoms with Gasteiger partial charge in [-0.1, -0.05) is 32.0 Å². The summed E-state index contributed by atoms with van der Waals surface area (Å²) in [5, 5.41) is 3.59. The van der Waals surface area contributed by atoms with Gasteiger partial charge in [0.1, 0.15) is 18.2 Å². The minimum absolute atomic E-state index is 0.188. The molecule has 0 unspecified atom stereocenters. The van der Waals surface area contributed by atoms with Gasteiger partial charge in [0.15, 0.2) is 0 Å². The summed E-state index contributed by atoms with van der Waals surface area (Å²) in [6.45, 7) is 7.83. The number of rotatable bonds is 12. The van der Waals surface area contributed by atoms with Gasteiger partial charge in [-0.25, -0.2) is 9.18 Å². The van der Waals surface area contributed by atoms with E-state index >= 15 is 0 Å². The monoisotopic (exact) mass is 471 g/mol. The first kappa shape index (κ1) is 26.2. The van der Waals surface area contributed by atoms with E-state index in [1.807, 2.05) is 18.2 Å². The Labute approximate surface area is 202 Å². The standard InChI is InChI=1S/C28H38FNO4/c1-20(2)27-26-12-9-24(29)18-23(26)13-14-28(27,19-33-34-21(3)31)15-17-30-16-5-6-22-7-10-25(32-4)11-8-22/h7-12,18,20,27,30H,5-6,13-17,19H2,1-4H3/t27-,28+/m1/s1. The van der Waals surface area contributed by atoms with Crippen molar-refractivity contribution in [1.29, 1.82) is 0 Å². The lowest BCUT2D eigenvalue weighted by Gasteiger charge is -2.47. The molecule has 0 saturated heterocycles. The zero-order valence-corrected chi connectivity index (χ0v) is 20.9. The molecule has 0 saturated carbocycles. The summed E-state index contributed by atoms with van der Waals surface area (Å²) in [5.41, 5.74) is 3.37. The van der Waals surface area contributed by atoms with E-state index in [1.165, 1.54) is 18.1 Å². The maximum Gasteiger partial charge on any atom is 0.339 e. The maximum atomic E-state index is 13.9. The van der Waals surface area contributed by atoms with Gasteiger partial charge in [0.25, 0.3) is 0 Å². The fraction of sp³-hybridized carbons (Fsp3) is 0.536. The van der Waals surface area contributed by atoms with Crippen LogP contribution in [0.2, 0.25) is 0 Å². The van der Waals surface area contributed by atoms with Gasteiger partial charge in [0.2, 0.25) is 0 Å². The largest absolute Gasteiger partial charge is 0.497 e. The summed E-state index contributed by atoms with van der Waals surface area (Å²) < 4.78 is 19.1. The van der Waals surface area contributed by atoms with Crippen molar-refractivity contribution in [3.05, 3.63) is 65.0 Å². The molecule has 1 N–H and O–H groups in total. The second kappa shape index (κ2) is 12.3. The van der Waals surface area contributed by atoms with Crippen molar-refractivity contribution in [2.45, 2.75) is 58.8 Å². The lowest BCUT2D eigenvalue weighted by molar-refractivity contribution is -0.287. The second-order valence-corrected chi connectivity index (χ2v) is 9.72. The summed E-state index contributed by atoms with van der Waals surface area (Å²) in [6.07, 6.45) is 4.58. The highest BCUT2D eigenvalue weighted by atomic mass is 19.1. The molecule has 5 nitrogen and oxygen atoms in total. The Morgan fingerprint density at radius 3 is 2.62 bits per heavy atom. The Balaban J connectivity index is 1.62. The number of ether oxygens (including phenoxy) is 1. The van der Waals surface area contributed by atoms with Gasteiger partial charge in [-0.2, -0.15) is 4.89 Å². The van der Waals surface area contributed by atoms with E-state index in [0.717, 1.165) is 56.5 Å². The van der Waals surface area contributed by atoms with Crippen molar-refractivity contribution in [3.8, 4) is 5.75 Å². The molecule has 34 heavy (non-hydrogen) atoms. The number of nitrogens with one attached hydrogen (secondary N) is 1. The first-order valence-corrected chi connectivity index (χ1v) is 12.3. The normalized spacial score (nSPS) is 19.6. The molecule has 1 aliphatic rings. The first-order valence-electron chi connectivity index (χ1n) is 12.3. The van der Waals surface area contributed by atoms with E-state index in [0.29, 0.717) is 12.5 Å². The lowest BCUT2D eigenvalue weighted by atomic mass is 9.59. The lowest BCUT2D eigenvalue weighted by Crippen LogP contribution is -2.42. The average molecular weight is 472 g/mol. The Bertz CT molecular complexity index is 931. The molecular formula is C28H38FNO4. The van der Waals surface area contributed by atoms with Crippen molar-refractivity contribution in [2.24, 2.45) is 11.3 Å². The predicted octanol–water partition coefficient (Wildman–Crippen LogP) is 5.61. The van der Waals surface area contributed by atoms with Gasteiger partial charge in [0.05, 0.1) is 7.11 Å². The molecule has 186 valence electrons. The van der Waals surface area contributed by atoms with Crippen LogP contribution < -0.4 is 10.1 Å². The van der Waals surface area contributed by atoms with Gasteiger partial charge in [0, 0.05) is 12.3 Å². The van der Waals surface area contributed by atoms with Crippen LogP contribution in [0.4, 0.5) is 4.39 Å². The molecule has 0 amide bonds. The van der Waals surface area contributed by atoms with E-state index in [9.17, 15) is 9.18 Å². The van der Waals surface area contributed by atoms with Crippen molar-refractivity contribution in [2.75, 3.05) is 26.8 Å². The second-order valence-electron chi connectivity index (χ2n) is 9.72. The summed E-state index contributed by atoms with van der Waals surface area (Å²) >= 11 is 0. The number of carbonyl (C=O) groups excluding carboxylic acids is 1. The van der Waals surface area contributed by atoms with Crippen LogP contribution in [0.3, 0.4) is 0 Å². The van der Waals surface area contributed by atoms with Crippen LogP contribution in [0, 0.1) is 17.2 Å². The van der Waals surface area contributed by atoms with Crippen LogP contribution >= 0.6 is 0 Å². The average Bonchev–Trinajstić information content (AvgIpc) is 2.81. The number of carbonyl (C=O) groups is 1. The Hall–Kier alpha value is -2.44. The Morgan fingerprint density at radius 2 is 1.94 bits per heavy atom. The Kier molecular flexibility index (Phi) is 9.48. The first-order chi connectivity index (χ1) is 16.3. The van der Waals surface area contributed by atoms with E-state index < -0.39 is 5.97 Å². The van der Waals surface area contributed by atoms with Crippen LogP contribution in [0.15, 0.2) is 42.5 Å². The van der Waals surface area contributed by atoms with Crippen LogP contribution in [-0.4, -0.2) is 32.8 Å². The number of methoxy groups -OCH3 is 1. The van der Waals surface area contributed by atoms with E-state index in [2.05, 4.69) is 31.3 Å². The van der Waals surface area contributed by atoms with Gasteiger partial charge in [-0.15, -0.1) is 0 Å². The summed E-state index contributed by atoms with van der Waals surface area (Å²) in [6, 6.07) is 13.3. The number of hydrogen-bond donors (Lipinski definition) is 1. The SMILES string of the molecule is COc1ccc(CCCNCC[C@]2(COOC(C)=O)CCc3cc(F)ccc3[C@H]2C(C)C)cc1. The molecule has 2 aromatic rings. The van der Waals surface area contributed by atoms with Crippen molar-refractivity contribution < 1.29 is 23.7 Å². The van der Waals surface area contributed by atoms with E-state index in [-0.39, 0.29) is 17.2 Å². The molecule has 2 atom stereocenters. The quantitative estimate of drug-likeness (QED) is 0.248. The minimum Gasteiger partial charge on any atom is -0.497 e. The molecule has 3 rings (SSSR count). The third-order valence-corrected chi connectivity index (χ3v) is 6.96. The van der Waals surface area contributed by atoms with E-state index in [4.69, 9.17) is 14.5 Å². The third kappa shape index (κ3) is 6.80. The highest BCUT2D eigenvalue weighted by Gasteiger charge is 2.45. The molecule has 6 heteroatoms. The highest BCUT2D eigenvalue weighted by molar-refractivity contribution is 5.65. The van der Waals surface area contributed by atoms with Crippen LogP contribution in [0.25, 0.3) is 0 Å². The molecule has 0 aromatic heterocycles. The summed E-state index contributed by atoms with van der Waals surface area (Å²) in [4.78, 5) is 21.7. The van der Waals surface area contributed by atoms with Gasteiger partial charge < -0.3 is 10.1 Å². The number of halogens is 1. The summed E-state index contributed by atoms with van der Waals surface area (Å²) in [7, 11) is 1.68. The summed E-state index contributed by atoms with van der Waals surface area (Å²) in [5.74, 6) is 0.753. The highest BCUT2D eigenvalue weighted by Crippen LogP contribution is 2.51. The molecule has 0 bridgehead atoms. The zero-order valence-electron chi connectivity index (χ0n) is 20.9. The van der Waals surface area contributed by atoms with Crippen LogP contribution in [0.5, 0.6) is 5.75 Å². The van der Waals surface area contributed by atoms with Crippen LogP contribution in [-0.2, 0) is 27.4 Å². The topological polar surface area (TPSA) is 56.8 Å². The molecule has 0 spiro atoms. The maximum absolute atomic E-state index is 13.9. The Morgan fingerprint density at radius 1 is 1.18 bits per heavy atom. The molecule has 0 heterocycles. The third-order valence-electron chi connectivity index (χ3n) is 6.96. The molecular weight excluding hydrogens is 433 g/mol.